The van der Waals surface area contributed by atoms with Crippen LogP contribution in [0.2, 0.25) is 10.0 Å². The van der Waals surface area contributed by atoms with Gasteiger partial charge in [-0.2, -0.15) is 0 Å². The van der Waals surface area contributed by atoms with Crippen molar-refractivity contribution in [3.05, 3.63) is 39.4 Å². The highest BCUT2D eigenvalue weighted by Gasteiger charge is 2.27. The highest BCUT2D eigenvalue weighted by atomic mass is 35.5. The number of hydrogen-bond donors (Lipinski definition) is 0. The fourth-order valence-corrected chi connectivity index (χ4v) is 1.85. The second-order valence-electron chi connectivity index (χ2n) is 3.89. The third-order valence-corrected chi connectivity index (χ3v) is 3.31. The van der Waals surface area contributed by atoms with Crippen LogP contribution in [0.3, 0.4) is 0 Å². The van der Waals surface area contributed by atoms with Crippen molar-refractivity contribution in [1.82, 2.24) is 0 Å². The molecule has 0 heterocycles. The van der Waals surface area contributed by atoms with Crippen molar-refractivity contribution in [2.75, 3.05) is 21.3 Å². The van der Waals surface area contributed by atoms with Crippen LogP contribution in [-0.4, -0.2) is 39.4 Å². The van der Waals surface area contributed by atoms with Crippen molar-refractivity contribution in [2.24, 2.45) is 0 Å². The largest absolute Gasteiger partial charge is 0.465 e. The molecular weight excluding hydrogens is 319 g/mol. The van der Waals surface area contributed by atoms with Gasteiger partial charge in [0, 0.05) is 14.2 Å². The summed E-state index contributed by atoms with van der Waals surface area (Å²) in [5, 5.41) is 0.670. The van der Waals surface area contributed by atoms with Crippen LogP contribution < -0.4 is 0 Å². The number of ketones is 1. The van der Waals surface area contributed by atoms with Crippen LogP contribution in [0.5, 0.6) is 0 Å². The normalized spacial score (nSPS) is 11.6. The Morgan fingerprint density at radius 3 is 2.19 bits per heavy atom. The summed E-state index contributed by atoms with van der Waals surface area (Å²) in [6, 6.07) is 4.69. The van der Waals surface area contributed by atoms with Crippen LogP contribution in [0.1, 0.15) is 5.56 Å². The fourth-order valence-electron chi connectivity index (χ4n) is 1.55. The third kappa shape index (κ3) is 4.54. The number of carbonyl (C=O) groups excluding carboxylic acids is 2. The standard InChI is InChI=1S/C14H14Cl2O5/c1-19-13(18)9(12(17)14(20-2)21-3)6-8-4-5-10(15)11(16)7-8/h4-7,14H,1-3H3. The first-order chi connectivity index (χ1) is 9.94. The van der Waals surface area contributed by atoms with Crippen molar-refractivity contribution in [2.45, 2.75) is 6.29 Å². The van der Waals surface area contributed by atoms with Crippen LogP contribution >= 0.6 is 23.2 Å². The summed E-state index contributed by atoms with van der Waals surface area (Å²) < 4.78 is 14.3. The monoisotopic (exact) mass is 332 g/mol. The van der Waals surface area contributed by atoms with E-state index in [1.165, 1.54) is 33.5 Å². The Bertz CT molecular complexity index is 564. The molecule has 1 aromatic carbocycles. The van der Waals surface area contributed by atoms with E-state index in [2.05, 4.69) is 4.74 Å². The van der Waals surface area contributed by atoms with Crippen LogP contribution in [-0.2, 0) is 23.8 Å². The van der Waals surface area contributed by atoms with E-state index in [-0.39, 0.29) is 5.57 Å². The summed E-state index contributed by atoms with van der Waals surface area (Å²) in [4.78, 5) is 23.9. The lowest BCUT2D eigenvalue weighted by molar-refractivity contribution is -0.155. The lowest BCUT2D eigenvalue weighted by atomic mass is 10.1. The van der Waals surface area contributed by atoms with Crippen molar-refractivity contribution in [3.63, 3.8) is 0 Å². The molecule has 0 saturated heterocycles. The van der Waals surface area contributed by atoms with Gasteiger partial charge in [0.2, 0.25) is 12.1 Å². The predicted octanol–water partition coefficient (Wildman–Crippen LogP) is 2.74. The van der Waals surface area contributed by atoms with Gasteiger partial charge in [0.25, 0.3) is 0 Å². The lowest BCUT2D eigenvalue weighted by Crippen LogP contribution is -2.29. The van der Waals surface area contributed by atoms with Gasteiger partial charge in [0.1, 0.15) is 5.57 Å². The van der Waals surface area contributed by atoms with Crippen molar-refractivity contribution >= 4 is 41.0 Å². The first kappa shape index (κ1) is 17.7. The van der Waals surface area contributed by atoms with E-state index in [9.17, 15) is 9.59 Å². The topological polar surface area (TPSA) is 61.8 Å². The summed E-state index contributed by atoms with van der Waals surface area (Å²) in [6.07, 6.45) is 0.139. The lowest BCUT2D eigenvalue weighted by Gasteiger charge is -2.13. The number of ether oxygens (including phenoxy) is 3. The minimum atomic E-state index is -1.20. The molecule has 0 amide bonds. The molecule has 0 aliphatic rings. The van der Waals surface area contributed by atoms with E-state index in [1.54, 1.807) is 12.1 Å². The SMILES string of the molecule is COC(=O)C(=Cc1ccc(Cl)c(Cl)c1)C(=O)C(OC)OC. The van der Waals surface area contributed by atoms with Crippen LogP contribution in [0.15, 0.2) is 23.8 Å². The molecule has 5 nitrogen and oxygen atoms in total. The predicted molar refractivity (Wildman–Crippen MR) is 79.3 cm³/mol. The van der Waals surface area contributed by atoms with Crippen LogP contribution in [0.25, 0.3) is 6.08 Å². The zero-order chi connectivity index (χ0) is 16.0. The zero-order valence-corrected chi connectivity index (χ0v) is 13.2. The molecule has 0 fully saturated rings. The van der Waals surface area contributed by atoms with E-state index in [1.807, 2.05) is 0 Å². The van der Waals surface area contributed by atoms with E-state index >= 15 is 0 Å². The van der Waals surface area contributed by atoms with E-state index < -0.39 is 18.0 Å². The highest BCUT2D eigenvalue weighted by Crippen LogP contribution is 2.24. The van der Waals surface area contributed by atoms with E-state index in [4.69, 9.17) is 32.7 Å². The second-order valence-corrected chi connectivity index (χ2v) is 4.71. The Balaban J connectivity index is 3.24. The van der Waals surface area contributed by atoms with Crippen LogP contribution in [0, 0.1) is 0 Å². The van der Waals surface area contributed by atoms with Crippen molar-refractivity contribution in [1.29, 1.82) is 0 Å². The van der Waals surface area contributed by atoms with Gasteiger partial charge < -0.3 is 14.2 Å². The molecular formula is C14H14Cl2O5. The van der Waals surface area contributed by atoms with E-state index in [0.717, 1.165) is 0 Å². The molecule has 0 bridgehead atoms. The zero-order valence-electron chi connectivity index (χ0n) is 11.7. The maximum absolute atomic E-state index is 12.2. The van der Waals surface area contributed by atoms with Gasteiger partial charge in [-0.25, -0.2) is 4.79 Å². The molecule has 0 N–H and O–H groups in total. The molecule has 0 aliphatic heterocycles. The Morgan fingerprint density at radius 1 is 1.10 bits per heavy atom. The van der Waals surface area contributed by atoms with E-state index in [0.29, 0.717) is 15.6 Å². The molecule has 0 aromatic heterocycles. The minimum absolute atomic E-state index is 0.218. The van der Waals surface area contributed by atoms with Gasteiger partial charge >= 0.3 is 5.97 Å². The number of methoxy groups -OCH3 is 3. The molecule has 0 radical (unpaired) electrons. The molecule has 0 aliphatic carbocycles. The maximum atomic E-state index is 12.2. The summed E-state index contributed by atoms with van der Waals surface area (Å²) in [7, 11) is 3.76. The van der Waals surface area contributed by atoms with Crippen molar-refractivity contribution in [3.8, 4) is 0 Å². The Kier molecular flexibility index (Phi) is 6.84. The van der Waals surface area contributed by atoms with Gasteiger partial charge in [0.05, 0.1) is 17.2 Å². The molecule has 0 atom stereocenters. The number of hydrogen-bond acceptors (Lipinski definition) is 5. The summed E-state index contributed by atoms with van der Waals surface area (Å²) in [6.45, 7) is 0. The highest BCUT2D eigenvalue weighted by molar-refractivity contribution is 6.42. The Hall–Kier alpha value is -1.40. The summed E-state index contributed by atoms with van der Waals surface area (Å²) >= 11 is 11.7. The first-order valence-corrected chi connectivity index (χ1v) is 6.55. The van der Waals surface area contributed by atoms with Gasteiger partial charge in [0.15, 0.2) is 0 Å². The average molecular weight is 333 g/mol. The third-order valence-electron chi connectivity index (χ3n) is 2.57. The smallest absolute Gasteiger partial charge is 0.341 e. The van der Waals surface area contributed by atoms with Gasteiger partial charge in [-0.1, -0.05) is 29.3 Å². The number of rotatable bonds is 6. The maximum Gasteiger partial charge on any atom is 0.341 e. The quantitative estimate of drug-likeness (QED) is 0.263. The van der Waals surface area contributed by atoms with Gasteiger partial charge in [-0.15, -0.1) is 0 Å². The molecule has 114 valence electrons. The molecule has 0 unspecified atom stereocenters. The van der Waals surface area contributed by atoms with Crippen LogP contribution in [0.4, 0.5) is 0 Å². The molecule has 21 heavy (non-hydrogen) atoms. The fraction of sp³-hybridized carbons (Fsp3) is 0.286. The second kappa shape index (κ2) is 8.14. The number of carbonyl (C=O) groups is 2. The number of benzene rings is 1. The Morgan fingerprint density at radius 2 is 1.71 bits per heavy atom. The summed E-state index contributed by atoms with van der Waals surface area (Å²) in [5.41, 5.74) is 0.300. The molecule has 0 spiro atoms. The van der Waals surface area contributed by atoms with Gasteiger partial charge in [-0.05, 0) is 23.8 Å². The molecule has 1 rings (SSSR count). The van der Waals surface area contributed by atoms with Crippen molar-refractivity contribution < 1.29 is 23.8 Å². The first-order valence-electron chi connectivity index (χ1n) is 5.79. The minimum Gasteiger partial charge on any atom is -0.465 e. The molecule has 1 aromatic rings. The molecule has 7 heteroatoms. The summed E-state index contributed by atoms with van der Waals surface area (Å²) in [5.74, 6) is -1.46. The van der Waals surface area contributed by atoms with Gasteiger partial charge in [-0.3, -0.25) is 4.79 Å². The number of halogens is 2. The average Bonchev–Trinajstić information content (AvgIpc) is 2.48. The Labute approximate surface area is 132 Å². The number of Topliss-reactive ketones (excluding diaryl/α,β-unsaturated/α-hetero) is 1. The number of esters is 1. The molecule has 0 saturated carbocycles.